The van der Waals surface area contributed by atoms with Gasteiger partial charge >= 0.3 is 0 Å². The van der Waals surface area contributed by atoms with Crippen molar-refractivity contribution in [1.29, 1.82) is 0 Å². The maximum Gasteiger partial charge on any atom is 0.189 e. The Balaban J connectivity index is 2.27. The molecule has 2 nitrogen and oxygen atoms in total. The van der Waals surface area contributed by atoms with E-state index in [1.165, 1.54) is 17.1 Å². The Morgan fingerprint density at radius 1 is 0.810 bits per heavy atom. The van der Waals surface area contributed by atoms with Gasteiger partial charge in [0.25, 0.3) is 0 Å². The lowest BCUT2D eigenvalue weighted by atomic mass is 9.46. The molecule has 0 spiro atoms. The molecule has 0 bridgehead atoms. The molecule has 2 aliphatic rings. The van der Waals surface area contributed by atoms with Crippen LogP contribution in [0.3, 0.4) is 0 Å². The van der Waals surface area contributed by atoms with Gasteiger partial charge in [0.1, 0.15) is 0 Å². The van der Waals surface area contributed by atoms with E-state index in [4.69, 9.17) is 0 Å². The van der Waals surface area contributed by atoms with Crippen molar-refractivity contribution < 1.29 is 8.96 Å². The molecule has 0 aromatic rings. The first-order valence-electron chi connectivity index (χ1n) is 7.45. The molecule has 0 N–H and O–H groups in total. The smallest absolute Gasteiger partial charge is 0.189 e. The van der Waals surface area contributed by atoms with Gasteiger partial charge in [-0.05, 0) is 25.7 Å². The number of hydrogen-bond donors (Lipinski definition) is 0. The predicted octanol–water partition coefficient (Wildman–Crippen LogP) is 1.96. The molecule has 2 fully saturated rings. The zero-order chi connectivity index (χ0) is 15.4. The highest BCUT2D eigenvalue weighted by Crippen LogP contribution is 2.27. The van der Waals surface area contributed by atoms with Crippen LogP contribution in [0.15, 0.2) is 11.4 Å². The van der Waals surface area contributed by atoms with Gasteiger partial charge in [0.2, 0.25) is 0 Å². The fraction of sp³-hybridized carbons (Fsp3) is 0.294. The van der Waals surface area contributed by atoms with Crippen molar-refractivity contribution in [2.75, 3.05) is 28.2 Å². The average molecular weight is 278 g/mol. The lowest BCUT2D eigenvalue weighted by molar-refractivity contribution is -0.453. The van der Waals surface area contributed by atoms with Gasteiger partial charge in [0.05, 0.1) is 28.2 Å². The van der Waals surface area contributed by atoms with Crippen LogP contribution in [-0.2, 0) is 0 Å². The average Bonchev–Trinajstić information content (AvgIpc) is 3.08. The Hall–Kier alpha value is -0.530. The molecule has 0 aromatic carbocycles. The molecule has 0 unspecified atom stereocenters. The summed E-state index contributed by atoms with van der Waals surface area (Å²) in [4.78, 5) is 0. The minimum atomic E-state index is 0.317. The summed E-state index contributed by atoms with van der Waals surface area (Å²) < 4.78 is 4.54. The summed E-state index contributed by atoms with van der Waals surface area (Å²) in [5, 5.41) is 0. The van der Waals surface area contributed by atoms with E-state index in [2.05, 4.69) is 101 Å². The monoisotopic (exact) mass is 278 g/mol. The van der Waals surface area contributed by atoms with Crippen LogP contribution in [0.2, 0.25) is 0 Å². The number of nitrogens with zero attached hydrogens (tertiary/aromatic N) is 2. The zero-order valence-electron chi connectivity index (χ0n) is 13.7. The molecule has 2 aliphatic carbocycles. The molecule has 0 atom stereocenters. The second-order valence-corrected chi connectivity index (χ2v) is 6.12. The third kappa shape index (κ3) is 4.23. The predicted molar refractivity (Wildman–Crippen MR) is 90.4 cm³/mol. The second kappa shape index (κ2) is 7.65. The molecular formula is C17H24B2N2. The van der Waals surface area contributed by atoms with Crippen molar-refractivity contribution in [1.82, 2.24) is 0 Å². The van der Waals surface area contributed by atoms with E-state index in [0.717, 1.165) is 0 Å². The molecule has 0 amide bonds. The molecule has 0 saturated heterocycles. The van der Waals surface area contributed by atoms with Crippen molar-refractivity contribution in [3.8, 4) is 0 Å². The maximum atomic E-state index is 2.38. The second-order valence-electron chi connectivity index (χ2n) is 6.12. The van der Waals surface area contributed by atoms with Gasteiger partial charge in [-0.1, -0.05) is 32.6 Å². The Bertz CT molecular complexity index is 457. The van der Waals surface area contributed by atoms with E-state index in [-0.39, 0.29) is 0 Å². The molecule has 4 heteroatoms. The highest BCUT2D eigenvalue weighted by Gasteiger charge is 2.22. The third-order valence-corrected chi connectivity index (χ3v) is 3.96. The van der Waals surface area contributed by atoms with Gasteiger partial charge in [0.15, 0.2) is 13.0 Å². The minimum Gasteiger partial charge on any atom is -0.501 e. The number of rotatable bonds is 4. The molecule has 2 rings (SSSR count). The highest BCUT2D eigenvalue weighted by molar-refractivity contribution is 6.65. The maximum absolute atomic E-state index is 2.38. The third-order valence-electron chi connectivity index (χ3n) is 3.96. The van der Waals surface area contributed by atoms with Crippen LogP contribution >= 0.6 is 0 Å². The Morgan fingerprint density at radius 3 is 1.71 bits per heavy atom. The van der Waals surface area contributed by atoms with Crippen LogP contribution in [0.1, 0.15) is 6.92 Å². The first kappa shape index (κ1) is 16.8. The standard InChI is InChI=1S/C17H24B2N2/c1-15(19(21(4)5)17-12-8-9-13-17)14-18(20(2)3)16-10-6-7-11-16/h6-14H,1-5H3. The summed E-state index contributed by atoms with van der Waals surface area (Å²) in [5.74, 6) is 5.08. The molecule has 0 aromatic heterocycles. The van der Waals surface area contributed by atoms with E-state index in [1.807, 2.05) is 0 Å². The van der Waals surface area contributed by atoms with Crippen LogP contribution in [0.4, 0.5) is 0 Å². The van der Waals surface area contributed by atoms with Crippen molar-refractivity contribution in [2.24, 2.45) is 0 Å². The minimum absolute atomic E-state index is 0.317. The van der Waals surface area contributed by atoms with Gasteiger partial charge < -0.3 is 8.96 Å². The fourth-order valence-corrected chi connectivity index (χ4v) is 3.01. The van der Waals surface area contributed by atoms with Crippen LogP contribution in [0.5, 0.6) is 0 Å². The Kier molecular flexibility index (Phi) is 6.13. The van der Waals surface area contributed by atoms with Crippen LogP contribution < -0.4 is 0 Å². The summed E-state index contributed by atoms with van der Waals surface area (Å²) in [6, 6.07) is 0. The van der Waals surface area contributed by atoms with E-state index in [9.17, 15) is 0 Å². The van der Waals surface area contributed by atoms with E-state index >= 15 is 0 Å². The van der Waals surface area contributed by atoms with Crippen molar-refractivity contribution >= 4 is 13.0 Å². The van der Waals surface area contributed by atoms with E-state index in [0.29, 0.717) is 13.0 Å². The largest absolute Gasteiger partial charge is 0.501 e. The summed E-state index contributed by atoms with van der Waals surface area (Å²) in [7, 11) is 8.55. The van der Waals surface area contributed by atoms with E-state index < -0.39 is 0 Å². The number of hydrogen-bond acceptors (Lipinski definition) is 0. The Labute approximate surface area is 132 Å². The van der Waals surface area contributed by atoms with Gasteiger partial charge in [-0.15, -0.1) is 11.6 Å². The van der Waals surface area contributed by atoms with Crippen molar-refractivity contribution in [2.45, 2.75) is 6.92 Å². The molecular weight excluding hydrogens is 254 g/mol. The van der Waals surface area contributed by atoms with Gasteiger partial charge in [-0.25, -0.2) is 11.4 Å². The lowest BCUT2D eigenvalue weighted by Crippen LogP contribution is -2.28. The summed E-state index contributed by atoms with van der Waals surface area (Å²) in [6.07, 6.45) is 17.2. The van der Waals surface area contributed by atoms with Crippen LogP contribution in [0.25, 0.3) is 0 Å². The fourth-order valence-electron chi connectivity index (χ4n) is 3.01. The topological polar surface area (TPSA) is 6.02 Å². The molecule has 2 saturated carbocycles. The molecule has 108 valence electrons. The summed E-state index contributed by atoms with van der Waals surface area (Å²) in [6.45, 7) is 2.88. The lowest BCUT2D eigenvalue weighted by Gasteiger charge is -2.25. The number of allylic oxidation sites excluding steroid dienone is 1. The van der Waals surface area contributed by atoms with Crippen molar-refractivity contribution in [3.63, 3.8) is 0 Å². The zero-order valence-corrected chi connectivity index (χ0v) is 13.7. The van der Waals surface area contributed by atoms with Gasteiger partial charge in [0, 0.05) is 0 Å². The first-order valence-corrected chi connectivity index (χ1v) is 7.45. The molecule has 0 aliphatic heterocycles. The molecule has 10 radical (unpaired) electrons. The van der Waals surface area contributed by atoms with Crippen LogP contribution in [0, 0.1) is 63.0 Å². The highest BCUT2D eigenvalue weighted by atomic mass is 14.9. The summed E-state index contributed by atoms with van der Waals surface area (Å²) in [5.41, 5.74) is 1.38. The Morgan fingerprint density at radius 2 is 1.29 bits per heavy atom. The SMILES string of the molecule is CC(=C[B-]([C]1[CH][CH][CH][CH]1)=[N+](C)C)[B-]([C]1[CH][CH][CH][CH]1)=[N+](C)C. The summed E-state index contributed by atoms with van der Waals surface area (Å²) >= 11 is 0. The van der Waals surface area contributed by atoms with Gasteiger partial charge in [-0.3, -0.25) is 0 Å². The van der Waals surface area contributed by atoms with Crippen molar-refractivity contribution in [3.05, 3.63) is 74.4 Å². The van der Waals surface area contributed by atoms with Crippen LogP contribution in [-0.4, -0.2) is 50.2 Å². The normalized spacial score (nSPS) is 20.9. The van der Waals surface area contributed by atoms with Gasteiger partial charge in [-0.2, -0.15) is 0 Å². The quantitative estimate of drug-likeness (QED) is 0.693. The van der Waals surface area contributed by atoms with E-state index in [1.54, 1.807) is 0 Å². The first-order chi connectivity index (χ1) is 10.0. The molecule has 0 heterocycles. The molecule has 21 heavy (non-hydrogen) atoms.